The maximum Gasteiger partial charge on any atom is 0.236 e. The lowest BCUT2D eigenvalue weighted by Gasteiger charge is -2.23. The molecule has 0 radical (unpaired) electrons. The van der Waals surface area contributed by atoms with Crippen molar-refractivity contribution in [2.75, 3.05) is 25.1 Å². The van der Waals surface area contributed by atoms with Gasteiger partial charge in [-0.15, -0.1) is 0 Å². The monoisotopic (exact) mass is 310 g/mol. The van der Waals surface area contributed by atoms with Crippen molar-refractivity contribution in [3.63, 3.8) is 0 Å². The van der Waals surface area contributed by atoms with Gasteiger partial charge >= 0.3 is 0 Å². The third kappa shape index (κ3) is 4.54. The molecule has 1 aliphatic heterocycles. The topological polar surface area (TPSA) is 66.5 Å². The standard InChI is InChI=1S/C15H22N2O3S/c1-12-3-5-13(6-4-12)9-16-10-15(18)17(2)14-7-8-21(19,20)11-14/h3-6,14,16H,7-11H2,1-2H3. The van der Waals surface area contributed by atoms with E-state index >= 15 is 0 Å². The molecular formula is C15H22N2O3S. The van der Waals surface area contributed by atoms with Gasteiger partial charge in [0.15, 0.2) is 9.84 Å². The molecule has 5 nitrogen and oxygen atoms in total. The molecule has 1 aromatic rings. The maximum absolute atomic E-state index is 12.1. The third-order valence-electron chi connectivity index (χ3n) is 3.88. The van der Waals surface area contributed by atoms with Crippen LogP contribution in [0.1, 0.15) is 17.5 Å². The number of aryl methyl sites for hydroxylation is 1. The van der Waals surface area contributed by atoms with Crippen LogP contribution >= 0.6 is 0 Å². The van der Waals surface area contributed by atoms with Gasteiger partial charge in [-0.05, 0) is 18.9 Å². The van der Waals surface area contributed by atoms with Gasteiger partial charge in [-0.25, -0.2) is 8.42 Å². The minimum atomic E-state index is -2.96. The van der Waals surface area contributed by atoms with Crippen molar-refractivity contribution in [2.24, 2.45) is 0 Å². The highest BCUT2D eigenvalue weighted by molar-refractivity contribution is 7.91. The van der Waals surface area contributed by atoms with Crippen molar-refractivity contribution < 1.29 is 13.2 Å². The number of benzene rings is 1. The van der Waals surface area contributed by atoms with Crippen molar-refractivity contribution in [3.05, 3.63) is 35.4 Å². The lowest BCUT2D eigenvalue weighted by atomic mass is 10.1. The average Bonchev–Trinajstić information content (AvgIpc) is 2.80. The first-order valence-corrected chi connectivity index (χ1v) is 8.92. The van der Waals surface area contributed by atoms with Crippen LogP contribution in [0.15, 0.2) is 24.3 Å². The fourth-order valence-electron chi connectivity index (χ4n) is 2.43. The van der Waals surface area contributed by atoms with Gasteiger partial charge in [0.25, 0.3) is 0 Å². The summed E-state index contributed by atoms with van der Waals surface area (Å²) in [5.74, 6) is 0.212. The van der Waals surface area contributed by atoms with E-state index in [2.05, 4.69) is 5.32 Å². The first-order chi connectivity index (χ1) is 9.87. The molecule has 116 valence electrons. The number of hydrogen-bond acceptors (Lipinski definition) is 4. The molecule has 1 aliphatic rings. The second-order valence-electron chi connectivity index (χ2n) is 5.65. The van der Waals surface area contributed by atoms with Crippen molar-refractivity contribution in [2.45, 2.75) is 25.9 Å². The van der Waals surface area contributed by atoms with Gasteiger partial charge in [0.2, 0.25) is 5.91 Å². The van der Waals surface area contributed by atoms with Gasteiger partial charge in [-0.3, -0.25) is 4.79 Å². The largest absolute Gasteiger partial charge is 0.341 e. The van der Waals surface area contributed by atoms with Crippen LogP contribution in [0, 0.1) is 6.92 Å². The molecular weight excluding hydrogens is 288 g/mol. The minimum Gasteiger partial charge on any atom is -0.341 e. The zero-order chi connectivity index (χ0) is 15.5. The number of sulfone groups is 1. The molecule has 1 unspecified atom stereocenters. The SMILES string of the molecule is Cc1ccc(CNCC(=O)N(C)C2CCS(=O)(=O)C2)cc1. The maximum atomic E-state index is 12.1. The highest BCUT2D eigenvalue weighted by atomic mass is 32.2. The van der Waals surface area contributed by atoms with Crippen LogP contribution in [0.4, 0.5) is 0 Å². The fourth-order valence-corrected chi connectivity index (χ4v) is 4.20. The molecule has 0 saturated carbocycles. The molecule has 0 bridgehead atoms. The van der Waals surface area contributed by atoms with Crippen molar-refractivity contribution in [3.8, 4) is 0 Å². The van der Waals surface area contributed by atoms with E-state index in [-0.39, 0.29) is 30.0 Å². The number of likely N-dealkylation sites (N-methyl/N-ethyl adjacent to an activating group) is 1. The van der Waals surface area contributed by atoms with Gasteiger partial charge in [0, 0.05) is 19.6 Å². The Kier molecular flexibility index (Phi) is 5.00. The van der Waals surface area contributed by atoms with Gasteiger partial charge < -0.3 is 10.2 Å². The van der Waals surface area contributed by atoms with Crippen LogP contribution in [-0.2, 0) is 21.2 Å². The van der Waals surface area contributed by atoms with E-state index in [0.717, 1.165) is 5.56 Å². The van der Waals surface area contributed by atoms with Crippen LogP contribution in [-0.4, -0.2) is 50.4 Å². The number of carbonyl (C=O) groups excluding carboxylic acids is 1. The number of amides is 1. The number of hydrogen-bond donors (Lipinski definition) is 1. The summed E-state index contributed by atoms with van der Waals surface area (Å²) in [7, 11) is -1.27. The Morgan fingerprint density at radius 1 is 1.33 bits per heavy atom. The summed E-state index contributed by atoms with van der Waals surface area (Å²) < 4.78 is 22.9. The molecule has 1 amide bonds. The molecule has 1 fully saturated rings. The summed E-state index contributed by atoms with van der Waals surface area (Å²) in [6, 6.07) is 7.95. The number of carbonyl (C=O) groups is 1. The summed E-state index contributed by atoms with van der Waals surface area (Å²) in [5.41, 5.74) is 2.33. The van der Waals surface area contributed by atoms with Crippen molar-refractivity contribution >= 4 is 15.7 Å². The Morgan fingerprint density at radius 3 is 2.57 bits per heavy atom. The van der Waals surface area contributed by atoms with Crippen LogP contribution in [0.5, 0.6) is 0 Å². The Balaban J connectivity index is 1.78. The molecule has 2 rings (SSSR count). The van der Waals surface area contributed by atoms with E-state index in [1.165, 1.54) is 5.56 Å². The van der Waals surface area contributed by atoms with Gasteiger partial charge in [0.1, 0.15) is 0 Å². The lowest BCUT2D eigenvalue weighted by molar-refractivity contribution is -0.130. The van der Waals surface area contributed by atoms with Crippen LogP contribution < -0.4 is 5.32 Å². The van der Waals surface area contributed by atoms with Crippen LogP contribution in [0.3, 0.4) is 0 Å². The first-order valence-electron chi connectivity index (χ1n) is 7.10. The lowest BCUT2D eigenvalue weighted by Crippen LogP contribution is -2.42. The van der Waals surface area contributed by atoms with E-state index in [1.54, 1.807) is 11.9 Å². The summed E-state index contributed by atoms with van der Waals surface area (Å²) in [6.07, 6.45) is 0.544. The van der Waals surface area contributed by atoms with Gasteiger partial charge in [0.05, 0.1) is 18.1 Å². The highest BCUT2D eigenvalue weighted by Crippen LogP contribution is 2.16. The molecule has 1 atom stereocenters. The predicted octanol–water partition coefficient (Wildman–Crippen LogP) is 0.730. The van der Waals surface area contributed by atoms with E-state index in [9.17, 15) is 13.2 Å². The van der Waals surface area contributed by atoms with Gasteiger partial charge in [-0.2, -0.15) is 0 Å². The molecule has 6 heteroatoms. The predicted molar refractivity (Wildman–Crippen MR) is 82.7 cm³/mol. The average molecular weight is 310 g/mol. The third-order valence-corrected chi connectivity index (χ3v) is 5.63. The molecule has 1 N–H and O–H groups in total. The molecule has 0 aliphatic carbocycles. The van der Waals surface area contributed by atoms with Crippen LogP contribution in [0.25, 0.3) is 0 Å². The Hall–Kier alpha value is -1.40. The van der Waals surface area contributed by atoms with Crippen molar-refractivity contribution in [1.82, 2.24) is 10.2 Å². The Bertz CT molecular complexity index is 596. The smallest absolute Gasteiger partial charge is 0.236 e. The second kappa shape index (κ2) is 6.58. The minimum absolute atomic E-state index is 0.0655. The van der Waals surface area contributed by atoms with E-state index in [0.29, 0.717) is 13.0 Å². The summed E-state index contributed by atoms with van der Waals surface area (Å²) in [5, 5.41) is 3.11. The molecule has 21 heavy (non-hydrogen) atoms. The van der Waals surface area contributed by atoms with E-state index < -0.39 is 9.84 Å². The molecule has 1 saturated heterocycles. The number of nitrogens with one attached hydrogen (secondary N) is 1. The van der Waals surface area contributed by atoms with E-state index in [4.69, 9.17) is 0 Å². The summed E-state index contributed by atoms with van der Waals surface area (Å²) >= 11 is 0. The summed E-state index contributed by atoms with van der Waals surface area (Å²) in [6.45, 7) is 2.88. The highest BCUT2D eigenvalue weighted by Gasteiger charge is 2.32. The molecule has 1 heterocycles. The van der Waals surface area contributed by atoms with Crippen molar-refractivity contribution in [1.29, 1.82) is 0 Å². The zero-order valence-electron chi connectivity index (χ0n) is 12.5. The van der Waals surface area contributed by atoms with E-state index in [1.807, 2.05) is 31.2 Å². The molecule has 0 aromatic heterocycles. The zero-order valence-corrected chi connectivity index (χ0v) is 13.3. The second-order valence-corrected chi connectivity index (χ2v) is 7.88. The van der Waals surface area contributed by atoms with Gasteiger partial charge in [-0.1, -0.05) is 29.8 Å². The Labute approximate surface area is 126 Å². The summed E-state index contributed by atoms with van der Waals surface area (Å²) in [4.78, 5) is 13.6. The van der Waals surface area contributed by atoms with Crippen LogP contribution in [0.2, 0.25) is 0 Å². The Morgan fingerprint density at radius 2 is 2.00 bits per heavy atom. The molecule has 1 aromatic carbocycles. The normalized spacial score (nSPS) is 20.4. The molecule has 0 spiro atoms. The number of nitrogens with zero attached hydrogens (tertiary/aromatic N) is 1. The first kappa shape index (κ1) is 16.0. The fraction of sp³-hybridized carbons (Fsp3) is 0.533. The number of rotatable bonds is 5. The quantitative estimate of drug-likeness (QED) is 0.871.